The second kappa shape index (κ2) is 15.9. The number of carbonyl (C=O) groups excluding carboxylic acids is 2. The zero-order chi connectivity index (χ0) is 32.5. The summed E-state index contributed by atoms with van der Waals surface area (Å²) >= 11 is 21.1. The number of allylic oxidation sites excluding steroid dienone is 1. The van der Waals surface area contributed by atoms with Gasteiger partial charge in [0.05, 0.1) is 31.5 Å². The number of hydrazone groups is 1. The van der Waals surface area contributed by atoms with E-state index in [0.29, 0.717) is 59.3 Å². The number of thiocarbonyl (C=S) groups is 1. The Bertz CT molecular complexity index is 1670. The van der Waals surface area contributed by atoms with Crippen molar-refractivity contribution in [3.63, 3.8) is 0 Å². The van der Waals surface area contributed by atoms with Gasteiger partial charge in [0.25, 0.3) is 5.91 Å². The van der Waals surface area contributed by atoms with Gasteiger partial charge >= 0.3 is 5.97 Å². The van der Waals surface area contributed by atoms with E-state index in [1.54, 1.807) is 68.4 Å². The number of amides is 1. The Morgan fingerprint density at radius 2 is 1.89 bits per heavy atom. The van der Waals surface area contributed by atoms with E-state index in [4.69, 9.17) is 54.4 Å². The summed E-state index contributed by atoms with van der Waals surface area (Å²) in [5.41, 5.74) is 5.23. The molecule has 1 aliphatic rings. The third-order valence-electron chi connectivity index (χ3n) is 6.40. The zero-order valence-corrected chi connectivity index (χ0v) is 28.3. The minimum atomic E-state index is -0.650. The van der Waals surface area contributed by atoms with Crippen molar-refractivity contribution in [1.29, 1.82) is 0 Å². The van der Waals surface area contributed by atoms with E-state index >= 15 is 0 Å². The van der Waals surface area contributed by atoms with Crippen molar-refractivity contribution >= 4 is 74.6 Å². The molecule has 1 atom stereocenters. The van der Waals surface area contributed by atoms with E-state index in [-0.39, 0.29) is 19.8 Å². The maximum absolute atomic E-state index is 12.8. The van der Waals surface area contributed by atoms with Crippen molar-refractivity contribution in [3.8, 4) is 17.2 Å². The van der Waals surface area contributed by atoms with Crippen LogP contribution in [0.15, 0.2) is 75.4 Å². The van der Waals surface area contributed by atoms with Crippen LogP contribution in [0.5, 0.6) is 17.2 Å². The molecule has 0 saturated heterocycles. The van der Waals surface area contributed by atoms with Gasteiger partial charge in [0.15, 0.2) is 23.2 Å². The predicted octanol–water partition coefficient (Wildman–Crippen LogP) is 6.23. The predicted molar refractivity (Wildman–Crippen MR) is 180 cm³/mol. The number of hydrogen-bond acceptors (Lipinski definition) is 8. The Morgan fingerprint density at radius 3 is 2.62 bits per heavy atom. The molecule has 0 spiro atoms. The topological polar surface area (TPSA) is 120 Å². The van der Waals surface area contributed by atoms with Crippen LogP contribution < -0.4 is 30.3 Å². The first-order valence-corrected chi connectivity index (χ1v) is 15.5. The second-order valence-electron chi connectivity index (χ2n) is 9.46. The molecule has 0 fully saturated rings. The number of benzene rings is 3. The minimum absolute atomic E-state index is 0.137. The highest BCUT2D eigenvalue weighted by molar-refractivity contribution is 9.10. The van der Waals surface area contributed by atoms with Crippen LogP contribution in [0.25, 0.3) is 0 Å². The third kappa shape index (κ3) is 8.88. The van der Waals surface area contributed by atoms with E-state index in [0.717, 1.165) is 5.56 Å². The van der Waals surface area contributed by atoms with E-state index in [2.05, 4.69) is 37.1 Å². The molecule has 1 amide bonds. The number of nitrogens with one attached hydrogen (secondary N) is 3. The molecule has 0 radical (unpaired) electrons. The number of ether oxygens (including phenoxy) is 4. The van der Waals surface area contributed by atoms with Crippen molar-refractivity contribution in [2.75, 3.05) is 20.3 Å². The molecule has 0 saturated carbocycles. The third-order valence-corrected chi connectivity index (χ3v) is 7.67. The van der Waals surface area contributed by atoms with Crippen molar-refractivity contribution in [2.24, 2.45) is 5.10 Å². The molecule has 0 unspecified atom stereocenters. The largest absolute Gasteiger partial charge is 0.493 e. The highest BCUT2D eigenvalue weighted by Crippen LogP contribution is 2.36. The standard InChI is InChI=1S/C31H29BrCl2N4O6S/c1-4-42-30(40)27-17(2)36-31(45)37-28(27)22-7-5-6-8-24(22)43-16-26(39)38-35-14-19-11-20(32)12-25(41-3)29(19)44-15-18-9-10-21(33)13-23(18)34/h5-14,28H,4,15-16H2,1-3H3,(H,38,39)(H2,36,37,45)/t28-/m0/s1. The summed E-state index contributed by atoms with van der Waals surface area (Å²) in [6, 6.07) is 15.0. The summed E-state index contributed by atoms with van der Waals surface area (Å²) in [5.74, 6) is 0.196. The zero-order valence-electron chi connectivity index (χ0n) is 24.4. The van der Waals surface area contributed by atoms with Gasteiger partial charge in [0.1, 0.15) is 12.4 Å². The van der Waals surface area contributed by atoms with Crippen molar-refractivity contribution < 1.29 is 28.5 Å². The van der Waals surface area contributed by atoms with Crippen LogP contribution in [0.1, 0.15) is 36.6 Å². The highest BCUT2D eigenvalue weighted by Gasteiger charge is 2.32. The Labute approximate surface area is 284 Å². The number of rotatable bonds is 12. The van der Waals surface area contributed by atoms with Crippen LogP contribution in [0.3, 0.4) is 0 Å². The number of hydrogen-bond donors (Lipinski definition) is 3. The summed E-state index contributed by atoms with van der Waals surface area (Å²) in [4.78, 5) is 25.5. The lowest BCUT2D eigenvalue weighted by molar-refractivity contribution is -0.139. The lowest BCUT2D eigenvalue weighted by Crippen LogP contribution is -2.45. The monoisotopic (exact) mass is 734 g/mol. The molecule has 1 heterocycles. The molecule has 3 aromatic rings. The molecular weight excluding hydrogens is 707 g/mol. The number of esters is 1. The summed E-state index contributed by atoms with van der Waals surface area (Å²) in [7, 11) is 1.52. The molecule has 3 N–H and O–H groups in total. The van der Waals surface area contributed by atoms with E-state index in [1.165, 1.54) is 13.3 Å². The van der Waals surface area contributed by atoms with Gasteiger partial charge < -0.3 is 29.6 Å². The van der Waals surface area contributed by atoms with Crippen LogP contribution >= 0.6 is 51.3 Å². The van der Waals surface area contributed by atoms with Crippen LogP contribution in [0, 0.1) is 0 Å². The number of halogens is 3. The average molecular weight is 736 g/mol. The molecule has 45 heavy (non-hydrogen) atoms. The number of para-hydroxylation sites is 1. The Balaban J connectivity index is 1.46. The van der Waals surface area contributed by atoms with E-state index in [1.807, 2.05) is 0 Å². The Morgan fingerprint density at radius 1 is 1.11 bits per heavy atom. The molecule has 14 heteroatoms. The quantitative estimate of drug-likeness (QED) is 0.0861. The Kier molecular flexibility index (Phi) is 12.1. The molecule has 0 aliphatic carbocycles. The van der Waals surface area contributed by atoms with Gasteiger partial charge in [-0.15, -0.1) is 0 Å². The summed E-state index contributed by atoms with van der Waals surface area (Å²) in [6.07, 6.45) is 1.43. The smallest absolute Gasteiger partial charge is 0.338 e. The normalized spacial score (nSPS) is 14.4. The molecule has 0 aromatic heterocycles. The first-order chi connectivity index (χ1) is 21.6. The fourth-order valence-corrected chi connectivity index (χ4v) is 5.57. The SMILES string of the molecule is CCOC(=O)C1=C(C)NC(=S)N[C@H]1c1ccccc1OCC(=O)NN=Cc1cc(Br)cc(OC)c1OCc1ccc(Cl)cc1Cl. The van der Waals surface area contributed by atoms with E-state index in [9.17, 15) is 9.59 Å². The number of nitrogens with zero attached hydrogens (tertiary/aromatic N) is 1. The van der Waals surface area contributed by atoms with Gasteiger partial charge in [-0.05, 0) is 56.4 Å². The van der Waals surface area contributed by atoms with Gasteiger partial charge in [-0.1, -0.05) is 63.4 Å². The summed E-state index contributed by atoms with van der Waals surface area (Å²) < 4.78 is 23.4. The van der Waals surface area contributed by atoms with Gasteiger partial charge in [-0.3, -0.25) is 4.79 Å². The average Bonchev–Trinajstić information content (AvgIpc) is 2.99. The summed E-state index contributed by atoms with van der Waals surface area (Å²) in [6.45, 7) is 3.46. The fraction of sp³-hybridized carbons (Fsp3) is 0.226. The van der Waals surface area contributed by atoms with Crippen molar-refractivity contribution in [1.82, 2.24) is 16.1 Å². The van der Waals surface area contributed by atoms with Crippen LogP contribution in [0.2, 0.25) is 10.0 Å². The van der Waals surface area contributed by atoms with Gasteiger partial charge in [0.2, 0.25) is 0 Å². The highest BCUT2D eigenvalue weighted by atomic mass is 79.9. The molecular formula is C31H29BrCl2N4O6S. The summed E-state index contributed by atoms with van der Waals surface area (Å²) in [5, 5.41) is 11.5. The van der Waals surface area contributed by atoms with E-state index < -0.39 is 17.9 Å². The second-order valence-corrected chi connectivity index (χ2v) is 11.6. The lowest BCUT2D eigenvalue weighted by Gasteiger charge is -2.30. The maximum Gasteiger partial charge on any atom is 0.338 e. The number of methoxy groups -OCH3 is 1. The molecule has 1 aliphatic heterocycles. The van der Waals surface area contributed by atoms with Gasteiger partial charge in [0, 0.05) is 36.9 Å². The van der Waals surface area contributed by atoms with Crippen LogP contribution in [0.4, 0.5) is 0 Å². The molecule has 0 bridgehead atoms. The molecule has 236 valence electrons. The van der Waals surface area contributed by atoms with Crippen LogP contribution in [-0.2, 0) is 20.9 Å². The van der Waals surface area contributed by atoms with Crippen molar-refractivity contribution in [2.45, 2.75) is 26.5 Å². The Hall–Kier alpha value is -3.84. The first-order valence-electron chi connectivity index (χ1n) is 13.5. The molecule has 10 nitrogen and oxygen atoms in total. The first kappa shape index (κ1) is 34.0. The lowest BCUT2D eigenvalue weighted by atomic mass is 9.95. The van der Waals surface area contributed by atoms with Gasteiger partial charge in [-0.25, -0.2) is 10.2 Å². The number of carbonyl (C=O) groups is 2. The minimum Gasteiger partial charge on any atom is -0.493 e. The molecule has 4 rings (SSSR count). The van der Waals surface area contributed by atoms with Crippen LogP contribution in [-0.4, -0.2) is 43.5 Å². The molecule has 3 aromatic carbocycles. The van der Waals surface area contributed by atoms with Gasteiger partial charge in [-0.2, -0.15) is 5.10 Å². The van der Waals surface area contributed by atoms with Crippen molar-refractivity contribution in [3.05, 3.63) is 97.1 Å². The maximum atomic E-state index is 12.8. The fourth-order valence-electron chi connectivity index (χ4n) is 4.39.